The summed E-state index contributed by atoms with van der Waals surface area (Å²) < 4.78 is 53.6. The van der Waals surface area contributed by atoms with E-state index in [9.17, 15) is 17.6 Å². The molecule has 1 unspecified atom stereocenters. The van der Waals surface area contributed by atoms with Gasteiger partial charge >= 0.3 is 0 Å². The average molecular weight is 284 g/mol. The van der Waals surface area contributed by atoms with E-state index in [0.717, 1.165) is 12.1 Å². The summed E-state index contributed by atoms with van der Waals surface area (Å²) in [6.07, 6.45) is -0.111. The lowest BCUT2D eigenvalue weighted by atomic mass is 9.98. The zero-order valence-electron chi connectivity index (χ0n) is 10.3. The van der Waals surface area contributed by atoms with E-state index in [1.54, 1.807) is 0 Å². The van der Waals surface area contributed by atoms with Crippen LogP contribution < -0.4 is 11.3 Å². The maximum Gasteiger partial charge on any atom is 0.163 e. The van der Waals surface area contributed by atoms with E-state index in [-0.39, 0.29) is 17.5 Å². The third-order valence-corrected chi connectivity index (χ3v) is 3.01. The molecule has 0 radical (unpaired) electrons. The van der Waals surface area contributed by atoms with Crippen molar-refractivity contribution in [2.45, 2.75) is 12.5 Å². The van der Waals surface area contributed by atoms with Crippen molar-refractivity contribution in [3.8, 4) is 0 Å². The molecule has 2 aromatic carbocycles. The molecule has 2 aromatic rings. The van der Waals surface area contributed by atoms with E-state index in [0.29, 0.717) is 0 Å². The maximum absolute atomic E-state index is 13.7. The van der Waals surface area contributed by atoms with Crippen LogP contribution in [0.25, 0.3) is 0 Å². The van der Waals surface area contributed by atoms with Gasteiger partial charge in [0, 0.05) is 5.56 Å². The molecule has 0 aliphatic carbocycles. The monoisotopic (exact) mass is 284 g/mol. The van der Waals surface area contributed by atoms with Crippen molar-refractivity contribution >= 4 is 0 Å². The fraction of sp³-hybridized carbons (Fsp3) is 0.143. The number of hydrogen-bond donors (Lipinski definition) is 2. The molecule has 3 N–H and O–H groups in total. The highest BCUT2D eigenvalue weighted by atomic mass is 19.2. The smallest absolute Gasteiger partial charge is 0.163 e. The van der Waals surface area contributed by atoms with Crippen LogP contribution in [-0.2, 0) is 6.42 Å². The van der Waals surface area contributed by atoms with E-state index in [1.807, 2.05) is 0 Å². The number of rotatable bonds is 4. The van der Waals surface area contributed by atoms with Crippen LogP contribution in [0.15, 0.2) is 36.4 Å². The molecule has 20 heavy (non-hydrogen) atoms. The molecular weight excluding hydrogens is 272 g/mol. The first-order valence-electron chi connectivity index (χ1n) is 5.87. The zero-order chi connectivity index (χ0) is 14.7. The lowest BCUT2D eigenvalue weighted by Crippen LogP contribution is -2.30. The molecule has 0 spiro atoms. The van der Waals surface area contributed by atoms with Crippen molar-refractivity contribution in [3.63, 3.8) is 0 Å². The Balaban J connectivity index is 2.34. The van der Waals surface area contributed by atoms with E-state index in [4.69, 9.17) is 5.84 Å². The SMILES string of the molecule is NNC(Cc1cccc(F)c1F)c1cccc(F)c1F. The Kier molecular flexibility index (Phi) is 4.36. The van der Waals surface area contributed by atoms with Crippen LogP contribution >= 0.6 is 0 Å². The topological polar surface area (TPSA) is 38.0 Å². The highest BCUT2D eigenvalue weighted by Gasteiger charge is 2.19. The molecule has 0 fully saturated rings. The van der Waals surface area contributed by atoms with E-state index < -0.39 is 29.3 Å². The Morgan fingerprint density at radius 3 is 2.15 bits per heavy atom. The van der Waals surface area contributed by atoms with Gasteiger partial charge in [-0.2, -0.15) is 0 Å². The Morgan fingerprint density at radius 2 is 1.50 bits per heavy atom. The minimum Gasteiger partial charge on any atom is -0.271 e. The Hall–Kier alpha value is -1.92. The minimum atomic E-state index is -1.06. The molecule has 0 saturated heterocycles. The Bertz CT molecular complexity index is 616. The van der Waals surface area contributed by atoms with Gasteiger partial charge in [-0.1, -0.05) is 24.3 Å². The number of hydrazine groups is 1. The van der Waals surface area contributed by atoms with Gasteiger partial charge in [-0.3, -0.25) is 11.3 Å². The predicted octanol–water partition coefficient (Wildman–Crippen LogP) is 2.99. The second-order valence-corrected chi connectivity index (χ2v) is 4.28. The summed E-state index contributed by atoms with van der Waals surface area (Å²) in [5.74, 6) is 1.19. The third-order valence-electron chi connectivity index (χ3n) is 3.01. The van der Waals surface area contributed by atoms with Crippen molar-refractivity contribution in [2.75, 3.05) is 0 Å². The lowest BCUT2D eigenvalue weighted by molar-refractivity contribution is 0.453. The highest BCUT2D eigenvalue weighted by molar-refractivity contribution is 5.27. The first kappa shape index (κ1) is 14.5. The van der Waals surface area contributed by atoms with Gasteiger partial charge in [0.2, 0.25) is 0 Å². The molecule has 0 aromatic heterocycles. The molecule has 0 bridgehead atoms. The van der Waals surface area contributed by atoms with Crippen molar-refractivity contribution in [1.29, 1.82) is 0 Å². The average Bonchev–Trinajstić information content (AvgIpc) is 2.44. The van der Waals surface area contributed by atoms with Crippen molar-refractivity contribution < 1.29 is 17.6 Å². The van der Waals surface area contributed by atoms with Crippen molar-refractivity contribution in [2.24, 2.45) is 5.84 Å². The zero-order valence-corrected chi connectivity index (χ0v) is 10.3. The Labute approximate surface area is 113 Å². The Morgan fingerprint density at radius 1 is 0.900 bits per heavy atom. The quantitative estimate of drug-likeness (QED) is 0.514. The van der Waals surface area contributed by atoms with Gasteiger partial charge in [0.15, 0.2) is 23.3 Å². The number of nitrogens with two attached hydrogens (primary N) is 1. The summed E-state index contributed by atoms with van der Waals surface area (Å²) in [5, 5.41) is 0. The molecule has 6 heteroatoms. The van der Waals surface area contributed by atoms with Crippen LogP contribution in [0.1, 0.15) is 17.2 Å². The number of nitrogens with one attached hydrogen (secondary N) is 1. The van der Waals surface area contributed by atoms with Gasteiger partial charge in [0.1, 0.15) is 0 Å². The number of halogens is 4. The van der Waals surface area contributed by atoms with Gasteiger partial charge in [0.05, 0.1) is 6.04 Å². The fourth-order valence-electron chi connectivity index (χ4n) is 1.97. The van der Waals surface area contributed by atoms with Crippen LogP contribution in [0.5, 0.6) is 0 Å². The fourth-order valence-corrected chi connectivity index (χ4v) is 1.97. The largest absolute Gasteiger partial charge is 0.271 e. The number of hydrogen-bond acceptors (Lipinski definition) is 2. The van der Waals surface area contributed by atoms with Crippen molar-refractivity contribution in [1.82, 2.24) is 5.43 Å². The van der Waals surface area contributed by atoms with Crippen LogP contribution in [0.3, 0.4) is 0 Å². The van der Waals surface area contributed by atoms with Gasteiger partial charge < -0.3 is 0 Å². The number of benzene rings is 2. The summed E-state index contributed by atoms with van der Waals surface area (Å²) in [6, 6.07) is 6.42. The van der Waals surface area contributed by atoms with Crippen LogP contribution in [0, 0.1) is 23.3 Å². The minimum absolute atomic E-state index is 0.0246. The summed E-state index contributed by atoms with van der Waals surface area (Å²) >= 11 is 0. The predicted molar refractivity (Wildman–Crippen MR) is 66.5 cm³/mol. The van der Waals surface area contributed by atoms with Gasteiger partial charge in [-0.25, -0.2) is 17.6 Å². The van der Waals surface area contributed by atoms with Crippen LogP contribution in [0.4, 0.5) is 17.6 Å². The molecule has 0 saturated carbocycles. The maximum atomic E-state index is 13.7. The second kappa shape index (κ2) is 6.02. The van der Waals surface area contributed by atoms with Gasteiger partial charge in [0.25, 0.3) is 0 Å². The standard InChI is InChI=1S/C14H12F4N2/c15-10-5-1-3-8(13(10)17)7-12(20-19)9-4-2-6-11(16)14(9)18/h1-6,12,20H,7,19H2. The molecule has 1 atom stereocenters. The van der Waals surface area contributed by atoms with E-state index >= 15 is 0 Å². The molecule has 0 heterocycles. The highest BCUT2D eigenvalue weighted by Crippen LogP contribution is 2.24. The van der Waals surface area contributed by atoms with Gasteiger partial charge in [-0.15, -0.1) is 0 Å². The molecule has 106 valence electrons. The molecule has 2 nitrogen and oxygen atoms in total. The first-order chi connectivity index (χ1) is 9.54. The summed E-state index contributed by atoms with van der Waals surface area (Å²) in [4.78, 5) is 0. The molecule has 2 rings (SSSR count). The second-order valence-electron chi connectivity index (χ2n) is 4.28. The first-order valence-corrected chi connectivity index (χ1v) is 5.87. The molecule has 0 amide bonds. The van der Waals surface area contributed by atoms with E-state index in [1.165, 1.54) is 24.3 Å². The van der Waals surface area contributed by atoms with Crippen LogP contribution in [0.2, 0.25) is 0 Å². The molecule has 0 aliphatic heterocycles. The van der Waals surface area contributed by atoms with E-state index in [2.05, 4.69) is 5.43 Å². The third kappa shape index (κ3) is 2.81. The summed E-state index contributed by atoms with van der Waals surface area (Å²) in [6.45, 7) is 0. The molecule has 0 aliphatic rings. The van der Waals surface area contributed by atoms with Gasteiger partial charge in [-0.05, 0) is 24.1 Å². The summed E-state index contributed by atoms with van der Waals surface area (Å²) in [7, 11) is 0. The summed E-state index contributed by atoms with van der Waals surface area (Å²) in [5.41, 5.74) is 2.27. The van der Waals surface area contributed by atoms with Crippen molar-refractivity contribution in [3.05, 3.63) is 70.8 Å². The van der Waals surface area contributed by atoms with Crippen LogP contribution in [-0.4, -0.2) is 0 Å². The lowest BCUT2D eigenvalue weighted by Gasteiger charge is -2.17. The normalized spacial score (nSPS) is 12.4. The molecular formula is C14H12F4N2.